The quantitative estimate of drug-likeness (QED) is 0.456. The molecule has 3 rings (SSSR count). The minimum Gasteiger partial charge on any atom is -0.268 e. The molecule has 0 bridgehead atoms. The predicted octanol–water partition coefficient (Wildman–Crippen LogP) is 2.73. The Morgan fingerprint density at radius 1 is 1.17 bits per heavy atom. The number of hydrogen-bond donors (Lipinski definition) is 1. The molecule has 23 heavy (non-hydrogen) atoms. The second-order valence-electron chi connectivity index (χ2n) is 4.76. The first-order valence-electron chi connectivity index (χ1n) is 6.79. The standard InChI is InChI=1S/C16H12N4O3/c21-16(10-7-12-5-8-13(9-6-12)20(22)23)18-19-11-17-14-3-1-2-4-15(14)19/h1-11H,(H,18,21)/b10-7+. The van der Waals surface area contributed by atoms with Crippen LogP contribution in [0.5, 0.6) is 0 Å². The monoisotopic (exact) mass is 308 g/mol. The van der Waals surface area contributed by atoms with Crippen molar-refractivity contribution in [2.45, 2.75) is 0 Å². The van der Waals surface area contributed by atoms with Gasteiger partial charge in [-0.3, -0.25) is 20.3 Å². The molecule has 0 fully saturated rings. The lowest BCUT2D eigenvalue weighted by atomic mass is 10.2. The van der Waals surface area contributed by atoms with Crippen molar-refractivity contribution in [1.82, 2.24) is 9.66 Å². The first-order valence-corrected chi connectivity index (χ1v) is 6.79. The third-order valence-electron chi connectivity index (χ3n) is 3.22. The minimum atomic E-state index is -0.468. The summed E-state index contributed by atoms with van der Waals surface area (Å²) in [5.74, 6) is -0.327. The molecular weight excluding hydrogens is 296 g/mol. The molecule has 1 heterocycles. The van der Waals surface area contributed by atoms with Crippen LogP contribution in [0.1, 0.15) is 5.56 Å². The van der Waals surface area contributed by atoms with Crippen molar-refractivity contribution in [3.05, 3.63) is 76.6 Å². The van der Waals surface area contributed by atoms with Crippen LogP contribution >= 0.6 is 0 Å². The average Bonchev–Trinajstić information content (AvgIpc) is 2.96. The Morgan fingerprint density at radius 2 is 1.91 bits per heavy atom. The zero-order valence-corrected chi connectivity index (χ0v) is 11.9. The average molecular weight is 308 g/mol. The molecular formula is C16H12N4O3. The summed E-state index contributed by atoms with van der Waals surface area (Å²) in [6.45, 7) is 0. The van der Waals surface area contributed by atoms with Gasteiger partial charge >= 0.3 is 0 Å². The highest BCUT2D eigenvalue weighted by Crippen LogP contribution is 2.13. The van der Waals surface area contributed by atoms with E-state index in [-0.39, 0.29) is 11.6 Å². The maximum Gasteiger partial charge on any atom is 0.269 e. The molecule has 0 spiro atoms. The van der Waals surface area contributed by atoms with Gasteiger partial charge in [0.25, 0.3) is 11.6 Å². The maximum atomic E-state index is 11.9. The van der Waals surface area contributed by atoms with Crippen LogP contribution in [0.25, 0.3) is 17.1 Å². The van der Waals surface area contributed by atoms with Gasteiger partial charge in [0.1, 0.15) is 6.33 Å². The number of fused-ring (bicyclic) bond motifs is 1. The number of nitro groups is 1. The third kappa shape index (κ3) is 3.24. The van der Waals surface area contributed by atoms with Crippen molar-refractivity contribution >= 4 is 28.7 Å². The SMILES string of the molecule is O=C(/C=C/c1ccc([N+](=O)[O-])cc1)Nn1cnc2ccccc21. The van der Waals surface area contributed by atoms with Crippen molar-refractivity contribution in [1.29, 1.82) is 0 Å². The lowest BCUT2D eigenvalue weighted by Gasteiger charge is -2.03. The summed E-state index contributed by atoms with van der Waals surface area (Å²) in [6.07, 6.45) is 4.47. The summed E-state index contributed by atoms with van der Waals surface area (Å²) in [5, 5.41) is 10.6. The summed E-state index contributed by atoms with van der Waals surface area (Å²) in [7, 11) is 0. The topological polar surface area (TPSA) is 90.1 Å². The lowest BCUT2D eigenvalue weighted by Crippen LogP contribution is -2.19. The van der Waals surface area contributed by atoms with Gasteiger partial charge in [-0.05, 0) is 35.9 Å². The molecule has 7 heteroatoms. The lowest BCUT2D eigenvalue weighted by molar-refractivity contribution is -0.384. The van der Waals surface area contributed by atoms with Crippen molar-refractivity contribution in [3.8, 4) is 0 Å². The fraction of sp³-hybridized carbons (Fsp3) is 0. The van der Waals surface area contributed by atoms with E-state index in [4.69, 9.17) is 0 Å². The summed E-state index contributed by atoms with van der Waals surface area (Å²) < 4.78 is 1.54. The van der Waals surface area contributed by atoms with E-state index in [0.717, 1.165) is 11.0 Å². The first kappa shape index (κ1) is 14.5. The van der Waals surface area contributed by atoms with Gasteiger partial charge in [-0.15, -0.1) is 0 Å². The van der Waals surface area contributed by atoms with E-state index in [2.05, 4.69) is 10.4 Å². The molecule has 0 atom stereocenters. The molecule has 1 aromatic heterocycles. The summed E-state index contributed by atoms with van der Waals surface area (Å²) >= 11 is 0. The van der Waals surface area contributed by atoms with Crippen LogP contribution in [0.15, 0.2) is 60.9 Å². The summed E-state index contributed by atoms with van der Waals surface area (Å²) in [6, 6.07) is 13.4. The smallest absolute Gasteiger partial charge is 0.268 e. The number of hydrogen-bond acceptors (Lipinski definition) is 4. The molecule has 7 nitrogen and oxygen atoms in total. The fourth-order valence-electron chi connectivity index (χ4n) is 2.08. The highest BCUT2D eigenvalue weighted by atomic mass is 16.6. The van der Waals surface area contributed by atoms with E-state index in [9.17, 15) is 14.9 Å². The largest absolute Gasteiger partial charge is 0.269 e. The van der Waals surface area contributed by atoms with Gasteiger partial charge in [0.15, 0.2) is 0 Å². The van der Waals surface area contributed by atoms with Crippen LogP contribution in [-0.2, 0) is 4.79 Å². The van der Waals surface area contributed by atoms with Gasteiger partial charge < -0.3 is 0 Å². The van der Waals surface area contributed by atoms with E-state index in [1.54, 1.807) is 18.2 Å². The number of aromatic nitrogens is 2. The molecule has 0 aliphatic carbocycles. The number of para-hydroxylation sites is 2. The van der Waals surface area contributed by atoms with E-state index in [1.165, 1.54) is 29.2 Å². The second-order valence-corrected chi connectivity index (χ2v) is 4.76. The maximum absolute atomic E-state index is 11.9. The molecule has 114 valence electrons. The molecule has 1 N–H and O–H groups in total. The molecule has 0 unspecified atom stereocenters. The van der Waals surface area contributed by atoms with Gasteiger partial charge in [0.2, 0.25) is 0 Å². The number of nitrogens with zero attached hydrogens (tertiary/aromatic N) is 3. The zero-order valence-electron chi connectivity index (χ0n) is 11.9. The van der Waals surface area contributed by atoms with Crippen molar-refractivity contribution in [2.75, 3.05) is 5.43 Å². The normalized spacial score (nSPS) is 11.0. The van der Waals surface area contributed by atoms with E-state index >= 15 is 0 Å². The Balaban J connectivity index is 1.70. The van der Waals surface area contributed by atoms with E-state index in [1.807, 2.05) is 24.3 Å². The molecule has 0 saturated heterocycles. The van der Waals surface area contributed by atoms with Crippen LogP contribution in [0.2, 0.25) is 0 Å². The Labute approximate surface area is 131 Å². The number of rotatable bonds is 4. The molecule has 1 amide bonds. The van der Waals surface area contributed by atoms with Gasteiger partial charge in [-0.25, -0.2) is 9.66 Å². The highest BCUT2D eigenvalue weighted by molar-refractivity contribution is 5.98. The summed E-state index contributed by atoms with van der Waals surface area (Å²) in [4.78, 5) is 26.2. The van der Waals surface area contributed by atoms with Crippen LogP contribution in [0, 0.1) is 10.1 Å². The molecule has 0 saturated carbocycles. The Kier molecular flexibility index (Phi) is 3.84. The molecule has 0 aliphatic heterocycles. The second kappa shape index (κ2) is 6.10. The zero-order chi connectivity index (χ0) is 16.2. The van der Waals surface area contributed by atoms with E-state index in [0.29, 0.717) is 5.56 Å². The Hall–Kier alpha value is -3.48. The van der Waals surface area contributed by atoms with Gasteiger partial charge in [-0.1, -0.05) is 12.1 Å². The Morgan fingerprint density at radius 3 is 2.65 bits per heavy atom. The predicted molar refractivity (Wildman–Crippen MR) is 86.2 cm³/mol. The number of benzene rings is 2. The van der Waals surface area contributed by atoms with Crippen LogP contribution in [0.4, 0.5) is 5.69 Å². The van der Waals surface area contributed by atoms with Crippen LogP contribution in [-0.4, -0.2) is 20.5 Å². The van der Waals surface area contributed by atoms with Crippen LogP contribution < -0.4 is 5.43 Å². The van der Waals surface area contributed by atoms with Crippen molar-refractivity contribution in [2.24, 2.45) is 0 Å². The van der Waals surface area contributed by atoms with Crippen molar-refractivity contribution < 1.29 is 9.72 Å². The number of nitrogens with one attached hydrogen (secondary N) is 1. The number of carbonyl (C=O) groups excluding carboxylic acids is 1. The highest BCUT2D eigenvalue weighted by Gasteiger charge is 2.04. The Bertz CT molecular complexity index is 897. The number of nitro benzene ring substituents is 1. The van der Waals surface area contributed by atoms with Gasteiger partial charge in [0, 0.05) is 18.2 Å². The molecule has 3 aromatic rings. The van der Waals surface area contributed by atoms with Gasteiger partial charge in [-0.2, -0.15) is 0 Å². The molecule has 0 radical (unpaired) electrons. The first-order chi connectivity index (χ1) is 11.1. The third-order valence-corrected chi connectivity index (χ3v) is 3.22. The minimum absolute atomic E-state index is 0.0106. The number of non-ortho nitro benzene ring substituents is 1. The van der Waals surface area contributed by atoms with E-state index < -0.39 is 4.92 Å². The van der Waals surface area contributed by atoms with Crippen molar-refractivity contribution in [3.63, 3.8) is 0 Å². The number of carbonyl (C=O) groups is 1. The van der Waals surface area contributed by atoms with Crippen LogP contribution in [0.3, 0.4) is 0 Å². The molecule has 0 aliphatic rings. The molecule has 2 aromatic carbocycles. The fourth-order valence-corrected chi connectivity index (χ4v) is 2.08. The van der Waals surface area contributed by atoms with Gasteiger partial charge in [0.05, 0.1) is 16.0 Å². The number of amides is 1. The summed E-state index contributed by atoms with van der Waals surface area (Å²) in [5.41, 5.74) is 4.97. The number of imidazole rings is 1.